The van der Waals surface area contributed by atoms with Crippen LogP contribution >= 0.6 is 0 Å². The fraction of sp³-hybridized carbons (Fsp3) is 0.300. The molecule has 0 aromatic heterocycles. The van der Waals surface area contributed by atoms with E-state index in [1.165, 1.54) is 0 Å². The van der Waals surface area contributed by atoms with Gasteiger partial charge in [-0.3, -0.25) is 9.59 Å². The molecular weight excluding hydrogens is 316 g/mol. The van der Waals surface area contributed by atoms with E-state index in [1.54, 1.807) is 31.2 Å². The molecule has 0 radical (unpaired) electrons. The van der Waals surface area contributed by atoms with E-state index >= 15 is 0 Å². The molecule has 1 fully saturated rings. The molecular formula is C20H22N2O3. The number of amides is 2. The first-order valence-corrected chi connectivity index (χ1v) is 8.55. The number of benzene rings is 2. The van der Waals surface area contributed by atoms with Crippen LogP contribution in [0, 0.1) is 0 Å². The van der Waals surface area contributed by atoms with Crippen molar-refractivity contribution in [3.05, 3.63) is 60.2 Å². The lowest BCUT2D eigenvalue weighted by Gasteiger charge is -2.16. The SMILES string of the molecule is CC(Oc1ccccc1)C(=O)Nc1ccc(C(=O)N2CCCC2)cc1. The molecule has 3 rings (SSSR count). The van der Waals surface area contributed by atoms with E-state index in [4.69, 9.17) is 4.74 Å². The lowest BCUT2D eigenvalue weighted by molar-refractivity contribution is -0.122. The fourth-order valence-electron chi connectivity index (χ4n) is 2.80. The molecule has 2 amide bonds. The second-order valence-electron chi connectivity index (χ2n) is 6.14. The van der Waals surface area contributed by atoms with Crippen LogP contribution < -0.4 is 10.1 Å². The van der Waals surface area contributed by atoms with Gasteiger partial charge in [0.25, 0.3) is 11.8 Å². The topological polar surface area (TPSA) is 58.6 Å². The van der Waals surface area contributed by atoms with E-state index in [0.717, 1.165) is 25.9 Å². The van der Waals surface area contributed by atoms with Crippen LogP contribution in [0.25, 0.3) is 0 Å². The second kappa shape index (κ2) is 7.83. The van der Waals surface area contributed by atoms with Crippen molar-refractivity contribution in [2.75, 3.05) is 18.4 Å². The normalized spacial score (nSPS) is 14.8. The Bertz CT molecular complexity index is 722. The summed E-state index contributed by atoms with van der Waals surface area (Å²) in [4.78, 5) is 26.4. The number of nitrogens with zero attached hydrogens (tertiary/aromatic N) is 1. The second-order valence-corrected chi connectivity index (χ2v) is 6.14. The average Bonchev–Trinajstić information content (AvgIpc) is 3.17. The van der Waals surface area contributed by atoms with Crippen molar-refractivity contribution in [3.8, 4) is 5.75 Å². The number of nitrogens with one attached hydrogen (secondary N) is 1. The molecule has 0 saturated carbocycles. The zero-order valence-corrected chi connectivity index (χ0v) is 14.3. The van der Waals surface area contributed by atoms with Crippen LogP contribution in [0.15, 0.2) is 54.6 Å². The Kier molecular flexibility index (Phi) is 5.33. The maximum absolute atomic E-state index is 12.3. The van der Waals surface area contributed by atoms with Crippen molar-refractivity contribution < 1.29 is 14.3 Å². The number of anilines is 1. The number of carbonyl (C=O) groups excluding carboxylic acids is 2. The summed E-state index contributed by atoms with van der Waals surface area (Å²) in [6, 6.07) is 16.2. The summed E-state index contributed by atoms with van der Waals surface area (Å²) >= 11 is 0. The highest BCUT2D eigenvalue weighted by molar-refractivity contribution is 5.97. The van der Waals surface area contributed by atoms with E-state index in [9.17, 15) is 9.59 Å². The van der Waals surface area contributed by atoms with E-state index < -0.39 is 6.10 Å². The number of para-hydroxylation sites is 1. The van der Waals surface area contributed by atoms with E-state index in [-0.39, 0.29) is 11.8 Å². The lowest BCUT2D eigenvalue weighted by atomic mass is 10.2. The maximum Gasteiger partial charge on any atom is 0.265 e. The van der Waals surface area contributed by atoms with Gasteiger partial charge in [0.1, 0.15) is 5.75 Å². The first kappa shape index (κ1) is 17.0. The zero-order valence-electron chi connectivity index (χ0n) is 14.3. The molecule has 5 heteroatoms. The van der Waals surface area contributed by atoms with E-state index in [2.05, 4.69) is 5.32 Å². The van der Waals surface area contributed by atoms with Gasteiger partial charge in [0, 0.05) is 24.3 Å². The summed E-state index contributed by atoms with van der Waals surface area (Å²) in [5, 5.41) is 2.81. The van der Waals surface area contributed by atoms with Crippen molar-refractivity contribution in [2.24, 2.45) is 0 Å². The maximum atomic E-state index is 12.3. The van der Waals surface area contributed by atoms with Gasteiger partial charge in [-0.1, -0.05) is 18.2 Å². The van der Waals surface area contributed by atoms with Crippen LogP contribution in [0.3, 0.4) is 0 Å². The zero-order chi connectivity index (χ0) is 17.6. The van der Waals surface area contributed by atoms with Crippen LogP contribution in [-0.2, 0) is 4.79 Å². The Morgan fingerprint density at radius 2 is 1.64 bits per heavy atom. The van der Waals surface area contributed by atoms with Crippen LogP contribution in [0.1, 0.15) is 30.1 Å². The Morgan fingerprint density at radius 3 is 2.28 bits per heavy atom. The summed E-state index contributed by atoms with van der Waals surface area (Å²) in [6.07, 6.45) is 1.52. The summed E-state index contributed by atoms with van der Waals surface area (Å²) < 4.78 is 5.60. The molecule has 1 saturated heterocycles. The number of ether oxygens (including phenoxy) is 1. The third-order valence-electron chi connectivity index (χ3n) is 4.22. The molecule has 25 heavy (non-hydrogen) atoms. The third kappa shape index (κ3) is 4.38. The number of hydrogen-bond donors (Lipinski definition) is 1. The van der Waals surface area contributed by atoms with Crippen LogP contribution in [-0.4, -0.2) is 35.9 Å². The molecule has 2 aromatic carbocycles. The van der Waals surface area contributed by atoms with Crippen LogP contribution in [0.2, 0.25) is 0 Å². The van der Waals surface area contributed by atoms with Crippen molar-refractivity contribution in [1.29, 1.82) is 0 Å². The number of hydrogen-bond acceptors (Lipinski definition) is 3. The molecule has 130 valence electrons. The minimum Gasteiger partial charge on any atom is -0.481 e. The standard InChI is InChI=1S/C20H22N2O3/c1-15(25-18-7-3-2-4-8-18)19(23)21-17-11-9-16(10-12-17)20(24)22-13-5-6-14-22/h2-4,7-12,15H,5-6,13-14H2,1H3,(H,21,23). The van der Waals surface area contributed by atoms with Crippen molar-refractivity contribution in [1.82, 2.24) is 4.90 Å². The molecule has 1 unspecified atom stereocenters. The van der Waals surface area contributed by atoms with Gasteiger partial charge in [-0.05, 0) is 56.2 Å². The van der Waals surface area contributed by atoms with Gasteiger partial charge in [0.05, 0.1) is 0 Å². The molecule has 0 spiro atoms. The number of rotatable bonds is 5. The van der Waals surface area contributed by atoms with Gasteiger partial charge in [-0.25, -0.2) is 0 Å². The monoisotopic (exact) mass is 338 g/mol. The first-order valence-electron chi connectivity index (χ1n) is 8.55. The van der Waals surface area contributed by atoms with Gasteiger partial charge in [-0.15, -0.1) is 0 Å². The quantitative estimate of drug-likeness (QED) is 0.910. The lowest BCUT2D eigenvalue weighted by Crippen LogP contribution is -2.30. The van der Waals surface area contributed by atoms with Gasteiger partial charge < -0.3 is 15.0 Å². The van der Waals surface area contributed by atoms with E-state index in [0.29, 0.717) is 17.0 Å². The highest BCUT2D eigenvalue weighted by Crippen LogP contribution is 2.16. The average molecular weight is 338 g/mol. The number of carbonyl (C=O) groups is 2. The molecule has 5 nitrogen and oxygen atoms in total. The summed E-state index contributed by atoms with van der Waals surface area (Å²) in [6.45, 7) is 3.35. The summed E-state index contributed by atoms with van der Waals surface area (Å²) in [7, 11) is 0. The predicted octanol–water partition coefficient (Wildman–Crippen LogP) is 3.33. The smallest absolute Gasteiger partial charge is 0.265 e. The Hall–Kier alpha value is -2.82. The van der Waals surface area contributed by atoms with Crippen LogP contribution in [0.4, 0.5) is 5.69 Å². The fourth-order valence-corrected chi connectivity index (χ4v) is 2.80. The molecule has 2 aromatic rings. The van der Waals surface area contributed by atoms with Crippen molar-refractivity contribution in [3.63, 3.8) is 0 Å². The predicted molar refractivity (Wildman–Crippen MR) is 96.7 cm³/mol. The minimum atomic E-state index is -0.617. The molecule has 0 aliphatic carbocycles. The Morgan fingerprint density at radius 1 is 1.00 bits per heavy atom. The first-order chi connectivity index (χ1) is 12.1. The molecule has 1 atom stereocenters. The summed E-state index contributed by atoms with van der Waals surface area (Å²) in [5.74, 6) is 0.468. The molecule has 1 N–H and O–H groups in total. The largest absolute Gasteiger partial charge is 0.481 e. The van der Waals surface area contributed by atoms with E-state index in [1.807, 2.05) is 35.2 Å². The molecule has 0 bridgehead atoms. The van der Waals surface area contributed by atoms with Crippen molar-refractivity contribution >= 4 is 17.5 Å². The van der Waals surface area contributed by atoms with Gasteiger partial charge in [0.15, 0.2) is 6.10 Å². The minimum absolute atomic E-state index is 0.0520. The highest BCUT2D eigenvalue weighted by Gasteiger charge is 2.19. The number of likely N-dealkylation sites (tertiary alicyclic amines) is 1. The Balaban J connectivity index is 1.57. The molecule has 1 aliphatic rings. The van der Waals surface area contributed by atoms with Gasteiger partial charge in [-0.2, -0.15) is 0 Å². The van der Waals surface area contributed by atoms with Crippen molar-refractivity contribution in [2.45, 2.75) is 25.9 Å². The molecule has 1 aliphatic heterocycles. The highest BCUT2D eigenvalue weighted by atomic mass is 16.5. The summed E-state index contributed by atoms with van der Waals surface area (Å²) in [5.41, 5.74) is 1.29. The molecule has 1 heterocycles. The van der Waals surface area contributed by atoms with Gasteiger partial charge >= 0.3 is 0 Å². The van der Waals surface area contributed by atoms with Gasteiger partial charge in [0.2, 0.25) is 0 Å². The third-order valence-corrected chi connectivity index (χ3v) is 4.22. The Labute approximate surface area is 147 Å². The van der Waals surface area contributed by atoms with Crippen LogP contribution in [0.5, 0.6) is 5.75 Å².